The zero-order chi connectivity index (χ0) is 26.0. The van der Waals surface area contributed by atoms with Gasteiger partial charge in [0.1, 0.15) is 11.3 Å². The van der Waals surface area contributed by atoms with Crippen molar-refractivity contribution in [1.29, 1.82) is 0 Å². The number of carbonyl (C=O) groups is 4. The first-order valence-corrected chi connectivity index (χ1v) is 11.0. The predicted octanol–water partition coefficient (Wildman–Crippen LogP) is 2.12. The molecule has 0 saturated carbocycles. The van der Waals surface area contributed by atoms with E-state index in [1.807, 2.05) is 0 Å². The Morgan fingerprint density at radius 1 is 1.17 bits per heavy atom. The minimum atomic E-state index is -0.878. The largest absolute Gasteiger partial charge is 0.497 e. The third kappa shape index (κ3) is 4.54. The fourth-order valence-electron chi connectivity index (χ4n) is 3.88. The van der Waals surface area contributed by atoms with Crippen LogP contribution in [0.3, 0.4) is 0 Å². The topological polar surface area (TPSA) is 124 Å². The Bertz CT molecular complexity index is 1290. The van der Waals surface area contributed by atoms with Crippen molar-refractivity contribution in [2.24, 2.45) is 0 Å². The number of imide groups is 2. The summed E-state index contributed by atoms with van der Waals surface area (Å²) >= 11 is 0. The van der Waals surface area contributed by atoms with Gasteiger partial charge in [0.2, 0.25) is 18.4 Å². The maximum Gasteiger partial charge on any atom is 0.335 e. The number of hydrogen-bond donors (Lipinski definition) is 1. The molecule has 0 spiro atoms. The van der Waals surface area contributed by atoms with Crippen LogP contribution in [0.5, 0.6) is 23.0 Å². The summed E-state index contributed by atoms with van der Waals surface area (Å²) in [5.74, 6) is -0.302. The molecule has 0 bridgehead atoms. The maximum atomic E-state index is 13.4. The summed E-state index contributed by atoms with van der Waals surface area (Å²) in [4.78, 5) is 52.9. The Kier molecular flexibility index (Phi) is 6.82. The molecule has 2 aliphatic heterocycles. The molecule has 11 heteroatoms. The smallest absolute Gasteiger partial charge is 0.335 e. The maximum absolute atomic E-state index is 13.4. The van der Waals surface area contributed by atoms with Crippen LogP contribution in [-0.4, -0.2) is 63.3 Å². The first-order chi connectivity index (χ1) is 17.2. The van der Waals surface area contributed by atoms with E-state index in [-0.39, 0.29) is 29.7 Å². The van der Waals surface area contributed by atoms with Crippen molar-refractivity contribution in [3.05, 3.63) is 47.0 Å². The molecule has 1 fully saturated rings. The number of amides is 5. The van der Waals surface area contributed by atoms with Gasteiger partial charge in [0.05, 0.1) is 19.9 Å². The van der Waals surface area contributed by atoms with Gasteiger partial charge < -0.3 is 23.8 Å². The van der Waals surface area contributed by atoms with Gasteiger partial charge in [-0.2, -0.15) is 0 Å². The van der Waals surface area contributed by atoms with Crippen LogP contribution in [0.2, 0.25) is 0 Å². The predicted molar refractivity (Wildman–Crippen MR) is 128 cm³/mol. The van der Waals surface area contributed by atoms with Crippen LogP contribution in [0.15, 0.2) is 35.9 Å². The standard InChI is InChI=1S/C25H25N3O8/c1-14(29)27(2)9-8-15-10-20-22(36-13-35-20)21(34-4)18(15)12-19-23(30)26-25(32)28(24(19)31)16-6-5-7-17(11-16)33-3/h5-7,10-12H,8-9,13H2,1-4H3,(H,26,30,32)/b19-12-. The van der Waals surface area contributed by atoms with E-state index in [2.05, 4.69) is 5.32 Å². The monoisotopic (exact) mass is 495 g/mol. The van der Waals surface area contributed by atoms with Crippen molar-refractivity contribution in [3.8, 4) is 23.0 Å². The highest BCUT2D eigenvalue weighted by Crippen LogP contribution is 2.46. The molecule has 36 heavy (non-hydrogen) atoms. The van der Waals surface area contributed by atoms with Gasteiger partial charge in [-0.05, 0) is 36.3 Å². The quantitative estimate of drug-likeness (QED) is 0.458. The molecule has 0 aliphatic carbocycles. The van der Waals surface area contributed by atoms with Gasteiger partial charge in [0, 0.05) is 32.1 Å². The van der Waals surface area contributed by atoms with E-state index in [0.29, 0.717) is 41.3 Å². The Balaban J connectivity index is 1.81. The van der Waals surface area contributed by atoms with Crippen molar-refractivity contribution < 1.29 is 38.1 Å². The molecule has 4 rings (SSSR count). The van der Waals surface area contributed by atoms with Gasteiger partial charge in [-0.1, -0.05) is 6.07 Å². The summed E-state index contributed by atoms with van der Waals surface area (Å²) in [6, 6.07) is 7.20. The zero-order valence-corrected chi connectivity index (χ0v) is 20.2. The highest BCUT2D eigenvalue weighted by molar-refractivity contribution is 6.39. The van der Waals surface area contributed by atoms with Gasteiger partial charge in [-0.15, -0.1) is 0 Å². The number of carbonyl (C=O) groups excluding carboxylic acids is 4. The van der Waals surface area contributed by atoms with E-state index >= 15 is 0 Å². The molecule has 5 amide bonds. The molecule has 0 radical (unpaired) electrons. The molecule has 188 valence electrons. The number of fused-ring (bicyclic) bond motifs is 1. The number of benzene rings is 2. The number of methoxy groups -OCH3 is 2. The van der Waals surface area contributed by atoms with Crippen molar-refractivity contribution in [1.82, 2.24) is 10.2 Å². The van der Waals surface area contributed by atoms with Crippen molar-refractivity contribution in [2.75, 3.05) is 39.5 Å². The first-order valence-electron chi connectivity index (χ1n) is 11.0. The fourth-order valence-corrected chi connectivity index (χ4v) is 3.88. The number of ether oxygens (including phenoxy) is 4. The normalized spacial score (nSPS) is 15.7. The average Bonchev–Trinajstić information content (AvgIpc) is 3.32. The number of urea groups is 1. The Labute approximate surface area is 207 Å². The summed E-state index contributed by atoms with van der Waals surface area (Å²) in [6.45, 7) is 1.80. The molecule has 11 nitrogen and oxygen atoms in total. The van der Waals surface area contributed by atoms with Crippen molar-refractivity contribution in [3.63, 3.8) is 0 Å². The number of anilines is 1. The highest BCUT2D eigenvalue weighted by Gasteiger charge is 2.38. The van der Waals surface area contributed by atoms with Crippen LogP contribution in [0.1, 0.15) is 18.1 Å². The Morgan fingerprint density at radius 3 is 2.64 bits per heavy atom. The van der Waals surface area contributed by atoms with E-state index in [4.69, 9.17) is 18.9 Å². The van der Waals surface area contributed by atoms with E-state index in [1.165, 1.54) is 38.2 Å². The summed E-state index contributed by atoms with van der Waals surface area (Å²) < 4.78 is 21.8. The number of rotatable bonds is 7. The molecule has 1 N–H and O–H groups in total. The van der Waals surface area contributed by atoms with Gasteiger partial charge in [0.15, 0.2) is 11.5 Å². The molecule has 0 aromatic heterocycles. The average molecular weight is 495 g/mol. The summed E-state index contributed by atoms with van der Waals surface area (Å²) in [7, 11) is 4.56. The van der Waals surface area contributed by atoms with Crippen molar-refractivity contribution >= 4 is 35.5 Å². The van der Waals surface area contributed by atoms with Gasteiger partial charge in [-0.25, -0.2) is 9.69 Å². The van der Waals surface area contributed by atoms with Crippen LogP contribution in [0.25, 0.3) is 6.08 Å². The van der Waals surface area contributed by atoms with Gasteiger partial charge in [-0.3, -0.25) is 19.7 Å². The number of likely N-dealkylation sites (N-methyl/N-ethyl adjacent to an activating group) is 1. The number of nitrogens with zero attached hydrogens (tertiary/aromatic N) is 2. The lowest BCUT2D eigenvalue weighted by Gasteiger charge is -2.27. The third-order valence-corrected chi connectivity index (χ3v) is 5.90. The number of hydrogen-bond acceptors (Lipinski definition) is 8. The van der Waals surface area contributed by atoms with Crippen LogP contribution in [0.4, 0.5) is 10.5 Å². The minimum absolute atomic E-state index is 0.0178. The molecule has 0 unspecified atom stereocenters. The lowest BCUT2D eigenvalue weighted by molar-refractivity contribution is -0.127. The minimum Gasteiger partial charge on any atom is -0.497 e. The highest BCUT2D eigenvalue weighted by atomic mass is 16.7. The number of barbiturate groups is 1. The molecule has 2 aromatic rings. The van der Waals surface area contributed by atoms with E-state index in [1.54, 1.807) is 31.3 Å². The molecular formula is C25H25N3O8. The van der Waals surface area contributed by atoms with Crippen LogP contribution < -0.4 is 29.2 Å². The second kappa shape index (κ2) is 9.98. The zero-order valence-electron chi connectivity index (χ0n) is 20.2. The summed E-state index contributed by atoms with van der Waals surface area (Å²) in [5.41, 5.74) is 1.01. The molecular weight excluding hydrogens is 470 g/mol. The lowest BCUT2D eigenvalue weighted by atomic mass is 9.98. The molecule has 2 aromatic carbocycles. The van der Waals surface area contributed by atoms with Crippen LogP contribution in [-0.2, 0) is 20.8 Å². The molecule has 2 aliphatic rings. The van der Waals surface area contributed by atoms with Crippen LogP contribution >= 0.6 is 0 Å². The molecule has 0 atom stereocenters. The summed E-state index contributed by atoms with van der Waals surface area (Å²) in [6.07, 6.45) is 1.73. The summed E-state index contributed by atoms with van der Waals surface area (Å²) in [5, 5.41) is 2.21. The van der Waals surface area contributed by atoms with Crippen molar-refractivity contribution in [2.45, 2.75) is 13.3 Å². The Morgan fingerprint density at radius 2 is 1.94 bits per heavy atom. The van der Waals surface area contributed by atoms with E-state index in [0.717, 1.165) is 4.90 Å². The molecule has 1 saturated heterocycles. The lowest BCUT2D eigenvalue weighted by Crippen LogP contribution is -2.54. The van der Waals surface area contributed by atoms with Crippen LogP contribution in [0, 0.1) is 0 Å². The second-order valence-corrected chi connectivity index (χ2v) is 8.07. The van der Waals surface area contributed by atoms with E-state index in [9.17, 15) is 19.2 Å². The SMILES string of the molecule is COc1cccc(N2C(=O)NC(=O)/C(=C/c3c(CCN(C)C(C)=O)cc4c(c3OC)OCO4)C2=O)c1. The van der Waals surface area contributed by atoms with E-state index < -0.39 is 17.8 Å². The fraction of sp³-hybridized carbons (Fsp3) is 0.280. The first kappa shape index (κ1) is 24.6. The van der Waals surface area contributed by atoms with Gasteiger partial charge >= 0.3 is 6.03 Å². The van der Waals surface area contributed by atoms with Gasteiger partial charge in [0.25, 0.3) is 11.8 Å². The number of nitrogens with one attached hydrogen (secondary N) is 1. The molecule has 2 heterocycles. The third-order valence-electron chi connectivity index (χ3n) is 5.90. The second-order valence-electron chi connectivity index (χ2n) is 8.07. The Hall–Kier alpha value is -4.54.